The quantitative estimate of drug-likeness (QED) is 0.0546. The number of allylic oxidation sites excluding steroid dienone is 2. The van der Waals surface area contributed by atoms with Crippen molar-refractivity contribution in [2.24, 2.45) is 46.3 Å². The Kier molecular flexibility index (Phi) is 19.4. The molecule has 0 aromatic heterocycles. The number of anilines is 1. The first-order valence-electron chi connectivity index (χ1n) is 29.8. The van der Waals surface area contributed by atoms with Gasteiger partial charge in [-0.05, 0) is 66.0 Å². The van der Waals surface area contributed by atoms with Crippen molar-refractivity contribution in [2.75, 3.05) is 59.7 Å². The molecule has 2 amide bonds. The number of benzene rings is 3. The zero-order valence-electron chi connectivity index (χ0n) is 53.0. The van der Waals surface area contributed by atoms with Gasteiger partial charge in [-0.1, -0.05) is 58.1 Å². The second kappa shape index (κ2) is 25.7. The Morgan fingerprint density at radius 1 is 0.857 bits per heavy atom. The molecule has 10 rings (SSSR count). The van der Waals surface area contributed by atoms with Crippen LogP contribution in [0.15, 0.2) is 76.3 Å². The third-order valence-corrected chi connectivity index (χ3v) is 18.9. The van der Waals surface area contributed by atoms with E-state index in [-0.39, 0.29) is 62.0 Å². The maximum absolute atomic E-state index is 14.4. The number of carbonyl (C=O) groups excluding carboxylic acids is 6. The molecule has 3 aromatic carbocycles. The van der Waals surface area contributed by atoms with Crippen LogP contribution < -0.4 is 15.8 Å². The van der Waals surface area contributed by atoms with E-state index in [1.54, 1.807) is 44.9 Å². The lowest BCUT2D eigenvalue weighted by Gasteiger charge is -2.53. The monoisotopic (exact) mass is 1270 g/mol. The van der Waals surface area contributed by atoms with Crippen molar-refractivity contribution in [3.63, 3.8) is 0 Å². The molecule has 0 radical (unpaired) electrons. The third-order valence-electron chi connectivity index (χ3n) is 18.9. The van der Waals surface area contributed by atoms with Gasteiger partial charge in [0.25, 0.3) is 17.6 Å². The number of nitrogens with two attached hydrogens (primary N) is 1. The summed E-state index contributed by atoms with van der Waals surface area (Å²) >= 11 is 0. The Morgan fingerprint density at radius 3 is 2.11 bits per heavy atom. The molecule has 4 aliphatic heterocycles. The highest BCUT2D eigenvalue weighted by atomic mass is 16.7. The van der Waals surface area contributed by atoms with Crippen LogP contribution >= 0.6 is 0 Å². The topological polar surface area (TPSA) is 402 Å². The number of Topliss-reactive ketones (excluding diaryl/α,β-unsaturated/α-hetero) is 3. The Hall–Kier alpha value is -8.37. The summed E-state index contributed by atoms with van der Waals surface area (Å²) in [6.45, 7) is 16.5. The molecular weight excluding hydrogens is 1180 g/mol. The summed E-state index contributed by atoms with van der Waals surface area (Å²) in [7, 11) is 6.43. The molecule has 13 N–H and O–H groups in total. The van der Waals surface area contributed by atoms with Gasteiger partial charge in [-0.15, -0.1) is 0 Å². The zero-order valence-corrected chi connectivity index (χ0v) is 53.0. The second-order valence-corrected chi connectivity index (χ2v) is 25.1. The number of nitrogens with zero attached hydrogens (tertiary/aromatic N) is 4. The number of ketones is 3. The van der Waals surface area contributed by atoms with E-state index in [1.807, 2.05) is 7.05 Å². The minimum atomic E-state index is -2.75. The van der Waals surface area contributed by atoms with Crippen LogP contribution in [0.25, 0.3) is 16.5 Å². The number of carbonyl (C=O) groups is 6. The maximum Gasteiger partial charge on any atom is 0.312 e. The number of primary amides is 1. The normalized spacial score (nSPS) is 32.9. The molecule has 1 saturated carbocycles. The number of likely N-dealkylation sites (N-methyl/N-ethyl adjacent to an activating group) is 2. The predicted molar refractivity (Wildman–Crippen MR) is 331 cm³/mol. The number of hydrogen-bond acceptors (Lipinski definition) is 24. The number of hydrogen-bond donors (Lipinski definition) is 12. The summed E-state index contributed by atoms with van der Waals surface area (Å²) in [6.07, 6.45) is 4.66. The zero-order chi connectivity index (χ0) is 67.6. The summed E-state index contributed by atoms with van der Waals surface area (Å²) in [5, 5.41) is 122. The highest BCUT2D eigenvalue weighted by molar-refractivity contribution is 6.25. The van der Waals surface area contributed by atoms with Crippen molar-refractivity contribution in [1.29, 1.82) is 0 Å². The molecule has 5 bridgehead atoms. The lowest BCUT2D eigenvalue weighted by molar-refractivity contribution is -0.161. The van der Waals surface area contributed by atoms with Gasteiger partial charge in [0.15, 0.2) is 17.1 Å². The predicted octanol–water partition coefficient (Wildman–Crippen LogP) is 3.96. The first-order valence-corrected chi connectivity index (χ1v) is 29.8. The molecule has 0 unspecified atom stereocenters. The van der Waals surface area contributed by atoms with Crippen LogP contribution in [0.2, 0.25) is 0 Å². The van der Waals surface area contributed by atoms with E-state index in [0.717, 1.165) is 13.1 Å². The number of aliphatic hydroxyl groups excluding tert-OH is 4. The van der Waals surface area contributed by atoms with Gasteiger partial charge in [0, 0.05) is 105 Å². The van der Waals surface area contributed by atoms with Crippen molar-refractivity contribution < 1.29 is 98.8 Å². The van der Waals surface area contributed by atoms with E-state index in [4.69, 9.17) is 24.7 Å². The summed E-state index contributed by atoms with van der Waals surface area (Å²) in [5.74, 6) is -16.2. The summed E-state index contributed by atoms with van der Waals surface area (Å²) < 4.78 is 23.6. The molecule has 3 aliphatic carbocycles. The fraction of sp³-hybridized carbons (Fsp3) is 0.492. The van der Waals surface area contributed by atoms with Gasteiger partial charge >= 0.3 is 11.8 Å². The number of hydrazone groups is 1. The van der Waals surface area contributed by atoms with E-state index in [0.29, 0.717) is 13.1 Å². The first kappa shape index (κ1) is 68.5. The van der Waals surface area contributed by atoms with Crippen LogP contribution in [-0.2, 0) is 43.8 Å². The van der Waals surface area contributed by atoms with Gasteiger partial charge in [0.2, 0.25) is 5.78 Å². The van der Waals surface area contributed by atoms with Gasteiger partial charge in [-0.25, -0.2) is 0 Å². The molecule has 492 valence electrons. The molecule has 2 fully saturated rings. The number of fused-ring (bicyclic) bond motifs is 17. The maximum atomic E-state index is 14.4. The number of aromatic hydroxyl groups is 4. The number of methoxy groups -OCH3 is 1. The Balaban J connectivity index is 0.000000279. The minimum Gasteiger partial charge on any atom is -0.508 e. The SMILES string of the molecule is CN(C)[C@@H]1C(=O)C(C(N)=O)=C(O)[C@@]2(O)C(=O)C3=C(O)c4c(O)cccc4[C@@](C)(O)[C@H]3C[C@@H]12.CO[C@H]1/C=C/O[C@@]2(C)Oc3c(C)c(O)c4c(O)c(c(/C=N/N5CCN(C)CC5)c(O)c4c3C2=O)NC(=O)/C(C)=C\C=C\[C@H](C)[C@H](O)[C@@H](C)[C@@H](O)[C@@H](C)[C@H](OC(C)=O)[C@@H]1C. The first-order chi connectivity index (χ1) is 42.5. The molecular formula is C65H82N6O20. The van der Waals surface area contributed by atoms with Crippen molar-refractivity contribution in [3.05, 3.63) is 99.1 Å². The number of rotatable bonds is 6. The number of esters is 1. The molecule has 91 heavy (non-hydrogen) atoms. The Bertz CT molecular complexity index is 3670. The molecule has 3 aromatic rings. The second-order valence-electron chi connectivity index (χ2n) is 25.1. The van der Waals surface area contributed by atoms with Gasteiger partial charge in [-0.3, -0.25) is 38.7 Å². The summed E-state index contributed by atoms with van der Waals surface area (Å²) in [4.78, 5) is 82.6. The van der Waals surface area contributed by atoms with Gasteiger partial charge in [0.1, 0.15) is 46.2 Å². The number of nitrogens with one attached hydrogen (secondary N) is 1. The van der Waals surface area contributed by atoms with Crippen LogP contribution in [0.4, 0.5) is 5.69 Å². The fourth-order valence-corrected chi connectivity index (χ4v) is 13.4. The highest BCUT2D eigenvalue weighted by Gasteiger charge is 2.66. The van der Waals surface area contributed by atoms with Crippen LogP contribution in [0.5, 0.6) is 28.7 Å². The largest absolute Gasteiger partial charge is 0.508 e. The number of phenols is 4. The lowest BCUT2D eigenvalue weighted by atomic mass is 9.54. The van der Waals surface area contributed by atoms with E-state index in [9.17, 15) is 79.8 Å². The highest BCUT2D eigenvalue weighted by Crippen LogP contribution is 2.58. The van der Waals surface area contributed by atoms with Gasteiger partial charge in [0.05, 0.1) is 70.2 Å². The minimum absolute atomic E-state index is 0.0559. The molecule has 4 heterocycles. The smallest absolute Gasteiger partial charge is 0.312 e. The van der Waals surface area contributed by atoms with E-state index >= 15 is 0 Å². The molecule has 26 nitrogen and oxygen atoms in total. The van der Waals surface area contributed by atoms with E-state index in [1.165, 1.54) is 104 Å². The molecule has 0 spiro atoms. The third kappa shape index (κ3) is 11.9. The van der Waals surface area contributed by atoms with E-state index < -0.39 is 164 Å². The van der Waals surface area contributed by atoms with Crippen molar-refractivity contribution >= 4 is 63.6 Å². The molecule has 1 saturated heterocycles. The average molecular weight is 1270 g/mol. The summed E-state index contributed by atoms with van der Waals surface area (Å²) in [5.41, 5.74) is -0.898. The van der Waals surface area contributed by atoms with Crippen molar-refractivity contribution in [1.82, 2.24) is 14.8 Å². The lowest BCUT2D eigenvalue weighted by Crippen LogP contribution is -2.67. The number of ether oxygens (including phenoxy) is 4. The summed E-state index contributed by atoms with van der Waals surface area (Å²) in [6, 6.07) is 3.02. The van der Waals surface area contributed by atoms with Crippen molar-refractivity contribution in [3.8, 4) is 28.7 Å². The average Bonchev–Trinajstić information content (AvgIpc) is 1.12. The van der Waals surface area contributed by atoms with Crippen LogP contribution in [0, 0.1) is 42.4 Å². The molecule has 14 atom stereocenters. The standard InChI is InChI=1S/C43H58N4O12.C22H24N2O8/c1-21-12-11-13-22(2)42(55)45-33-28(20-44-47-17-15-46(9)16-18-47)37(52)30-31(38(33)53)36(51)26(6)40-32(30)41(54)43(8,59-40)57-19-14-29(56-10)23(3)39(58-27(7)48)25(5)35(50)24(4)34(21)49;1-21(31)8-5-4-6-11(25)12(8)16(26)13-9(21)7-10-15(24(2)3)17(27)14(20(23)30)19(29)22(10,32)18(13)28/h11-14,19-21,23-25,29,34-35,39,49-53H,15-18H2,1-10H3,(H,45,55);4-6,9-10,15,25-26,29,31-32H,7H2,1-3H3,(H2,23,30)/b12-11+,19-14+,22-13-,44-20+;/t21-,23+,24+,25+,29-,34-,35+,39+,43-;9-,10-,15-,21+,22-/m00/s1. The van der Waals surface area contributed by atoms with Crippen molar-refractivity contribution in [2.45, 2.75) is 116 Å². The number of piperazine rings is 1. The van der Waals surface area contributed by atoms with Crippen LogP contribution in [-0.4, -0.2) is 203 Å². The van der Waals surface area contributed by atoms with Crippen LogP contribution in [0.3, 0.4) is 0 Å². The molecule has 26 heteroatoms. The van der Waals surface area contributed by atoms with Gasteiger partial charge in [-0.2, -0.15) is 5.10 Å². The Labute approximate surface area is 525 Å². The van der Waals surface area contributed by atoms with Crippen LogP contribution in [0.1, 0.15) is 94.4 Å². The molecule has 7 aliphatic rings. The van der Waals surface area contributed by atoms with Gasteiger partial charge < -0.3 is 86.0 Å². The van der Waals surface area contributed by atoms with E-state index in [2.05, 4.69) is 15.3 Å². The number of phenolic OH excluding ortho intramolecular Hbond substituents is 4. The number of aliphatic hydroxyl groups is 6. The number of amides is 2. The Morgan fingerprint density at radius 2 is 1.51 bits per heavy atom. The fourth-order valence-electron chi connectivity index (χ4n) is 13.4.